The van der Waals surface area contributed by atoms with Crippen LogP contribution in [0.25, 0.3) is 0 Å². The van der Waals surface area contributed by atoms with Gasteiger partial charge < -0.3 is 4.90 Å². The van der Waals surface area contributed by atoms with E-state index in [9.17, 15) is 8.42 Å². The fraction of sp³-hybridized carbons (Fsp3) is 0.429. The van der Waals surface area contributed by atoms with Gasteiger partial charge >= 0.3 is 0 Å². The van der Waals surface area contributed by atoms with Gasteiger partial charge in [0.2, 0.25) is 10.0 Å². The summed E-state index contributed by atoms with van der Waals surface area (Å²) in [5.74, 6) is 0. The number of rotatable bonds is 3. The number of nitrogens with zero attached hydrogens (tertiary/aromatic N) is 2. The van der Waals surface area contributed by atoms with Crippen molar-refractivity contribution in [2.75, 3.05) is 31.1 Å². The Morgan fingerprint density at radius 3 is 1.92 bits per heavy atom. The molecule has 0 unspecified atom stereocenters. The Bertz CT molecular complexity index is 901. The molecular weight excluding hydrogens is 344 g/mol. The smallest absolute Gasteiger partial charge is 0.243 e. The van der Waals surface area contributed by atoms with Gasteiger partial charge in [0.15, 0.2) is 0 Å². The minimum Gasteiger partial charge on any atom is -0.369 e. The maximum atomic E-state index is 13.3. The SMILES string of the molecule is Cc1cccc(N2CCN(S(=O)(=O)c3c(C)c(C)cc(C)c3C)CC2)c1. The molecular formula is C21H28N2O2S. The molecule has 5 heteroatoms. The maximum absolute atomic E-state index is 13.3. The van der Waals surface area contributed by atoms with E-state index in [0.717, 1.165) is 22.3 Å². The summed E-state index contributed by atoms with van der Waals surface area (Å²) in [5.41, 5.74) is 6.19. The van der Waals surface area contributed by atoms with E-state index in [1.165, 1.54) is 11.3 Å². The van der Waals surface area contributed by atoms with E-state index in [4.69, 9.17) is 0 Å². The van der Waals surface area contributed by atoms with Crippen molar-refractivity contribution in [2.24, 2.45) is 0 Å². The van der Waals surface area contributed by atoms with Crippen LogP contribution < -0.4 is 4.90 Å². The molecule has 140 valence electrons. The van der Waals surface area contributed by atoms with Gasteiger partial charge in [-0.15, -0.1) is 0 Å². The summed E-state index contributed by atoms with van der Waals surface area (Å²) in [6.07, 6.45) is 0. The summed E-state index contributed by atoms with van der Waals surface area (Å²) in [4.78, 5) is 2.76. The van der Waals surface area contributed by atoms with Crippen LogP contribution in [0.15, 0.2) is 35.2 Å². The van der Waals surface area contributed by atoms with Crippen molar-refractivity contribution in [1.29, 1.82) is 0 Å². The predicted octanol–water partition coefficient (Wildman–Crippen LogP) is 3.74. The lowest BCUT2D eigenvalue weighted by molar-refractivity contribution is 0.384. The molecule has 2 aromatic rings. The summed E-state index contributed by atoms with van der Waals surface area (Å²) in [7, 11) is -3.48. The Kier molecular flexibility index (Phi) is 5.13. The molecule has 0 radical (unpaired) electrons. The van der Waals surface area contributed by atoms with Crippen LogP contribution in [0.4, 0.5) is 5.69 Å². The molecule has 1 fully saturated rings. The van der Waals surface area contributed by atoms with Crippen LogP contribution in [-0.4, -0.2) is 38.9 Å². The number of sulfonamides is 1. The highest BCUT2D eigenvalue weighted by molar-refractivity contribution is 7.89. The van der Waals surface area contributed by atoms with Gasteiger partial charge in [-0.25, -0.2) is 8.42 Å². The third-order valence-corrected chi connectivity index (χ3v) is 7.67. The van der Waals surface area contributed by atoms with E-state index in [0.29, 0.717) is 31.1 Å². The average Bonchev–Trinajstić information content (AvgIpc) is 2.60. The van der Waals surface area contributed by atoms with Crippen molar-refractivity contribution < 1.29 is 8.42 Å². The van der Waals surface area contributed by atoms with Gasteiger partial charge in [-0.2, -0.15) is 4.31 Å². The average molecular weight is 373 g/mol. The van der Waals surface area contributed by atoms with Crippen LogP contribution >= 0.6 is 0 Å². The van der Waals surface area contributed by atoms with Crippen molar-refractivity contribution in [2.45, 2.75) is 39.5 Å². The molecule has 0 saturated carbocycles. The molecule has 1 heterocycles. The van der Waals surface area contributed by atoms with Gasteiger partial charge in [0.25, 0.3) is 0 Å². The molecule has 0 amide bonds. The molecule has 0 aromatic heterocycles. The van der Waals surface area contributed by atoms with Crippen LogP contribution in [0.2, 0.25) is 0 Å². The molecule has 0 spiro atoms. The largest absolute Gasteiger partial charge is 0.369 e. The van der Waals surface area contributed by atoms with Crippen LogP contribution in [0.3, 0.4) is 0 Å². The van der Waals surface area contributed by atoms with Crippen LogP contribution in [0.1, 0.15) is 27.8 Å². The molecule has 0 aliphatic carbocycles. The van der Waals surface area contributed by atoms with E-state index < -0.39 is 10.0 Å². The van der Waals surface area contributed by atoms with E-state index in [2.05, 4.69) is 42.2 Å². The van der Waals surface area contributed by atoms with Crippen molar-refractivity contribution in [1.82, 2.24) is 4.31 Å². The van der Waals surface area contributed by atoms with E-state index in [1.54, 1.807) is 4.31 Å². The second-order valence-corrected chi connectivity index (χ2v) is 9.19. The van der Waals surface area contributed by atoms with Gasteiger partial charge in [-0.1, -0.05) is 18.2 Å². The Labute approximate surface area is 157 Å². The Hall–Kier alpha value is -1.85. The fourth-order valence-corrected chi connectivity index (χ4v) is 5.71. The van der Waals surface area contributed by atoms with Gasteiger partial charge in [-0.3, -0.25) is 0 Å². The van der Waals surface area contributed by atoms with Crippen LogP contribution in [0, 0.1) is 34.6 Å². The van der Waals surface area contributed by atoms with Gasteiger partial charge in [0.1, 0.15) is 0 Å². The second kappa shape index (κ2) is 7.05. The van der Waals surface area contributed by atoms with Crippen molar-refractivity contribution in [3.8, 4) is 0 Å². The minimum absolute atomic E-state index is 0.499. The van der Waals surface area contributed by atoms with Crippen molar-refractivity contribution in [3.63, 3.8) is 0 Å². The number of aryl methyl sites for hydroxylation is 3. The maximum Gasteiger partial charge on any atom is 0.243 e. The first kappa shape index (κ1) is 18.9. The highest BCUT2D eigenvalue weighted by atomic mass is 32.2. The molecule has 0 N–H and O–H groups in total. The minimum atomic E-state index is -3.48. The topological polar surface area (TPSA) is 40.6 Å². The molecule has 0 bridgehead atoms. The first-order valence-corrected chi connectivity index (χ1v) is 10.5. The number of benzene rings is 2. The van der Waals surface area contributed by atoms with Gasteiger partial charge in [0, 0.05) is 31.9 Å². The lowest BCUT2D eigenvalue weighted by Gasteiger charge is -2.36. The highest BCUT2D eigenvalue weighted by Crippen LogP contribution is 2.29. The number of piperazine rings is 1. The molecule has 1 aliphatic rings. The third-order valence-electron chi connectivity index (χ3n) is 5.50. The zero-order valence-electron chi connectivity index (χ0n) is 16.3. The summed E-state index contributed by atoms with van der Waals surface area (Å²) in [6, 6.07) is 10.4. The van der Waals surface area contributed by atoms with E-state index in [-0.39, 0.29) is 0 Å². The molecule has 4 nitrogen and oxygen atoms in total. The van der Waals surface area contributed by atoms with Gasteiger partial charge in [-0.05, 0) is 74.6 Å². The molecule has 26 heavy (non-hydrogen) atoms. The monoisotopic (exact) mass is 372 g/mol. The highest BCUT2D eigenvalue weighted by Gasteiger charge is 2.31. The molecule has 1 aliphatic heterocycles. The zero-order chi connectivity index (χ0) is 19.1. The summed E-state index contributed by atoms with van der Waals surface area (Å²) in [6.45, 7) is 12.3. The van der Waals surface area contributed by atoms with E-state index in [1.807, 2.05) is 27.7 Å². The summed E-state index contributed by atoms with van der Waals surface area (Å²) >= 11 is 0. The number of anilines is 1. The van der Waals surface area contributed by atoms with Crippen LogP contribution in [-0.2, 0) is 10.0 Å². The second-order valence-electron chi connectivity index (χ2n) is 7.32. The van der Waals surface area contributed by atoms with Crippen molar-refractivity contribution >= 4 is 15.7 Å². The number of hydrogen-bond acceptors (Lipinski definition) is 3. The van der Waals surface area contributed by atoms with E-state index >= 15 is 0 Å². The first-order valence-electron chi connectivity index (χ1n) is 9.11. The van der Waals surface area contributed by atoms with Gasteiger partial charge in [0.05, 0.1) is 4.90 Å². The zero-order valence-corrected chi connectivity index (χ0v) is 17.2. The lowest BCUT2D eigenvalue weighted by atomic mass is 10.0. The lowest BCUT2D eigenvalue weighted by Crippen LogP contribution is -2.49. The summed E-state index contributed by atoms with van der Waals surface area (Å²) in [5, 5.41) is 0. The Morgan fingerprint density at radius 2 is 1.38 bits per heavy atom. The van der Waals surface area contributed by atoms with Crippen LogP contribution in [0.5, 0.6) is 0 Å². The van der Waals surface area contributed by atoms with Crippen molar-refractivity contribution in [3.05, 3.63) is 58.1 Å². The molecule has 1 saturated heterocycles. The Morgan fingerprint density at radius 1 is 0.808 bits per heavy atom. The summed E-state index contributed by atoms with van der Waals surface area (Å²) < 4.78 is 28.3. The Balaban J connectivity index is 1.85. The fourth-order valence-electron chi connectivity index (χ4n) is 3.71. The molecule has 0 atom stereocenters. The third kappa shape index (κ3) is 3.38. The quantitative estimate of drug-likeness (QED) is 0.824. The predicted molar refractivity (Wildman–Crippen MR) is 108 cm³/mol. The number of hydrogen-bond donors (Lipinski definition) is 0. The molecule has 2 aromatic carbocycles. The normalized spacial score (nSPS) is 16.1. The molecule has 3 rings (SSSR count). The first-order chi connectivity index (χ1) is 12.2. The standard InChI is InChI=1S/C21H28N2O2S/c1-15-7-6-8-20(13-15)22-9-11-23(12-10-22)26(24,25)21-18(4)16(2)14-17(3)19(21)5/h6-8,13-14H,9-12H2,1-5H3.